The third kappa shape index (κ3) is 4.93. The number of carbonyl (C=O) groups is 1. The van der Waals surface area contributed by atoms with Gasteiger partial charge in [0.25, 0.3) is 15.9 Å². The summed E-state index contributed by atoms with van der Waals surface area (Å²) in [6.45, 7) is 1.86. The Kier molecular flexibility index (Phi) is 6.64. The number of para-hydroxylation sites is 1. The fourth-order valence-electron chi connectivity index (χ4n) is 2.93. The molecule has 0 heterocycles. The first-order valence-corrected chi connectivity index (χ1v) is 11.0. The summed E-state index contributed by atoms with van der Waals surface area (Å²) in [4.78, 5) is 12.7. The first-order valence-electron chi connectivity index (χ1n) is 9.13. The van der Waals surface area contributed by atoms with Crippen molar-refractivity contribution in [3.8, 4) is 5.75 Å². The fraction of sp³-hybridized carbons (Fsp3) is 0.136. The van der Waals surface area contributed by atoms with Crippen LogP contribution in [0.5, 0.6) is 5.75 Å². The summed E-state index contributed by atoms with van der Waals surface area (Å²) >= 11 is 5.97. The molecule has 0 aliphatic carbocycles. The number of methoxy groups -OCH3 is 1. The maximum atomic E-state index is 13.0. The molecule has 0 spiro atoms. The van der Waals surface area contributed by atoms with Gasteiger partial charge in [-0.2, -0.15) is 0 Å². The van der Waals surface area contributed by atoms with Gasteiger partial charge in [-0.1, -0.05) is 54.1 Å². The second-order valence-corrected chi connectivity index (χ2v) is 8.64. The lowest BCUT2D eigenvalue weighted by molar-refractivity contribution is 0.0941. The van der Waals surface area contributed by atoms with E-state index in [1.165, 1.54) is 31.4 Å². The molecule has 156 valence electrons. The zero-order valence-electron chi connectivity index (χ0n) is 16.4. The van der Waals surface area contributed by atoms with E-state index in [0.717, 1.165) is 5.56 Å². The minimum absolute atomic E-state index is 0.120. The molecule has 0 fully saturated rings. The summed E-state index contributed by atoms with van der Waals surface area (Å²) in [6.07, 6.45) is 0. The largest absolute Gasteiger partial charge is 0.495 e. The lowest BCUT2D eigenvalue weighted by Crippen LogP contribution is -2.28. The van der Waals surface area contributed by atoms with Crippen LogP contribution in [0.25, 0.3) is 0 Å². The van der Waals surface area contributed by atoms with Crippen LogP contribution >= 0.6 is 11.6 Å². The molecule has 0 saturated heterocycles. The quantitative estimate of drug-likeness (QED) is 0.556. The van der Waals surface area contributed by atoms with Crippen LogP contribution in [-0.4, -0.2) is 21.4 Å². The molecule has 0 aromatic heterocycles. The summed E-state index contributed by atoms with van der Waals surface area (Å²) in [6, 6.07) is 19.9. The lowest BCUT2D eigenvalue weighted by atomic mass is 10.1. The summed E-state index contributed by atoms with van der Waals surface area (Å²) in [7, 11) is -2.69. The van der Waals surface area contributed by atoms with E-state index < -0.39 is 15.9 Å². The number of hydrogen-bond donors (Lipinski definition) is 2. The number of amides is 1. The van der Waals surface area contributed by atoms with E-state index in [1.807, 2.05) is 37.3 Å². The SMILES string of the molecule is COc1ccc(Cl)cc1S(=O)(=O)Nc1ccccc1C(=O)N[C@@H](C)c1ccccc1. The molecule has 3 aromatic rings. The molecule has 1 atom stereocenters. The number of rotatable bonds is 7. The number of sulfonamides is 1. The maximum Gasteiger partial charge on any atom is 0.265 e. The molecular weight excluding hydrogens is 424 g/mol. The zero-order valence-corrected chi connectivity index (χ0v) is 18.0. The second kappa shape index (κ2) is 9.19. The molecular formula is C22H21ClN2O4S. The normalized spacial score (nSPS) is 12.1. The zero-order chi connectivity index (χ0) is 21.7. The number of ether oxygens (including phenoxy) is 1. The Morgan fingerprint density at radius 2 is 1.67 bits per heavy atom. The number of carbonyl (C=O) groups excluding carboxylic acids is 1. The summed E-state index contributed by atoms with van der Waals surface area (Å²) in [5, 5.41) is 3.14. The van der Waals surface area contributed by atoms with E-state index in [0.29, 0.717) is 0 Å². The van der Waals surface area contributed by atoms with Gasteiger partial charge in [-0.15, -0.1) is 0 Å². The van der Waals surface area contributed by atoms with Gasteiger partial charge in [-0.3, -0.25) is 9.52 Å². The Labute approximate surface area is 180 Å². The molecule has 0 unspecified atom stereocenters. The number of benzene rings is 3. The van der Waals surface area contributed by atoms with E-state index in [1.54, 1.807) is 18.2 Å². The van der Waals surface area contributed by atoms with Crippen LogP contribution in [0.15, 0.2) is 77.7 Å². The van der Waals surface area contributed by atoms with Crippen molar-refractivity contribution in [3.63, 3.8) is 0 Å². The molecule has 0 radical (unpaired) electrons. The number of halogens is 1. The molecule has 0 aliphatic heterocycles. The molecule has 30 heavy (non-hydrogen) atoms. The third-order valence-electron chi connectivity index (χ3n) is 4.48. The summed E-state index contributed by atoms with van der Waals surface area (Å²) in [5.41, 5.74) is 1.29. The van der Waals surface area contributed by atoms with Crippen LogP contribution in [-0.2, 0) is 10.0 Å². The number of hydrogen-bond acceptors (Lipinski definition) is 4. The average Bonchev–Trinajstić information content (AvgIpc) is 2.74. The molecule has 3 rings (SSSR count). The molecule has 3 aromatic carbocycles. The minimum Gasteiger partial charge on any atom is -0.495 e. The molecule has 6 nitrogen and oxygen atoms in total. The lowest BCUT2D eigenvalue weighted by Gasteiger charge is -2.17. The molecule has 0 aliphatic rings. The van der Waals surface area contributed by atoms with E-state index in [9.17, 15) is 13.2 Å². The smallest absolute Gasteiger partial charge is 0.265 e. The van der Waals surface area contributed by atoms with Crippen LogP contribution in [0, 0.1) is 0 Å². The monoisotopic (exact) mass is 444 g/mol. The second-order valence-electron chi connectivity index (χ2n) is 6.55. The molecule has 0 saturated carbocycles. The third-order valence-corrected chi connectivity index (χ3v) is 6.10. The fourth-order valence-corrected chi connectivity index (χ4v) is 4.44. The Hall–Kier alpha value is -3.03. The number of nitrogens with one attached hydrogen (secondary N) is 2. The van der Waals surface area contributed by atoms with E-state index in [2.05, 4.69) is 10.0 Å². The van der Waals surface area contributed by atoms with Gasteiger partial charge in [-0.25, -0.2) is 8.42 Å². The van der Waals surface area contributed by atoms with Crippen molar-refractivity contribution in [3.05, 3.63) is 88.9 Å². The molecule has 0 bridgehead atoms. The number of anilines is 1. The van der Waals surface area contributed by atoms with E-state index >= 15 is 0 Å². The van der Waals surface area contributed by atoms with Crippen LogP contribution < -0.4 is 14.8 Å². The van der Waals surface area contributed by atoms with Gasteiger partial charge in [0.05, 0.1) is 24.4 Å². The highest BCUT2D eigenvalue weighted by Gasteiger charge is 2.23. The van der Waals surface area contributed by atoms with E-state index in [-0.39, 0.29) is 33.0 Å². The van der Waals surface area contributed by atoms with Crippen molar-refractivity contribution >= 4 is 33.2 Å². The van der Waals surface area contributed by atoms with Gasteiger partial charge < -0.3 is 10.1 Å². The maximum absolute atomic E-state index is 13.0. The van der Waals surface area contributed by atoms with Gasteiger partial charge in [0.15, 0.2) is 0 Å². The molecule has 2 N–H and O–H groups in total. The first kappa shape index (κ1) is 21.7. The minimum atomic E-state index is -4.05. The van der Waals surface area contributed by atoms with E-state index in [4.69, 9.17) is 16.3 Å². The van der Waals surface area contributed by atoms with Gasteiger partial charge >= 0.3 is 0 Å². The van der Waals surface area contributed by atoms with Gasteiger partial charge in [-0.05, 0) is 42.8 Å². The predicted octanol–water partition coefficient (Wildman–Crippen LogP) is 4.64. The average molecular weight is 445 g/mol. The van der Waals surface area contributed by atoms with Crippen molar-refractivity contribution in [2.75, 3.05) is 11.8 Å². The predicted molar refractivity (Wildman–Crippen MR) is 118 cm³/mol. The molecule has 8 heteroatoms. The van der Waals surface area contributed by atoms with Crippen LogP contribution in [0.4, 0.5) is 5.69 Å². The van der Waals surface area contributed by atoms with Crippen molar-refractivity contribution in [1.29, 1.82) is 0 Å². The molecule has 1 amide bonds. The highest BCUT2D eigenvalue weighted by Crippen LogP contribution is 2.29. The van der Waals surface area contributed by atoms with Crippen molar-refractivity contribution in [2.24, 2.45) is 0 Å². The van der Waals surface area contributed by atoms with Gasteiger partial charge in [0, 0.05) is 5.02 Å². The van der Waals surface area contributed by atoms with Crippen molar-refractivity contribution in [2.45, 2.75) is 17.9 Å². The van der Waals surface area contributed by atoms with Crippen LogP contribution in [0.2, 0.25) is 5.02 Å². The highest BCUT2D eigenvalue weighted by molar-refractivity contribution is 7.92. The standard InChI is InChI=1S/C22H21ClN2O4S/c1-15(16-8-4-3-5-9-16)24-22(26)18-10-6-7-11-19(18)25-30(27,28)21-14-17(23)12-13-20(21)29-2/h3-15,25H,1-2H3,(H,24,26)/t15-/m0/s1. The Morgan fingerprint density at radius 3 is 2.37 bits per heavy atom. The van der Waals surface area contributed by atoms with Gasteiger partial charge in [0.2, 0.25) is 0 Å². The topological polar surface area (TPSA) is 84.5 Å². The Balaban J connectivity index is 1.88. The van der Waals surface area contributed by atoms with Crippen molar-refractivity contribution in [1.82, 2.24) is 5.32 Å². The van der Waals surface area contributed by atoms with Crippen molar-refractivity contribution < 1.29 is 17.9 Å². The van der Waals surface area contributed by atoms with Crippen LogP contribution in [0.1, 0.15) is 28.9 Å². The Bertz CT molecular complexity index is 1150. The Morgan fingerprint density at radius 1 is 1.00 bits per heavy atom. The highest BCUT2D eigenvalue weighted by atomic mass is 35.5. The first-order chi connectivity index (χ1) is 14.3. The van der Waals surface area contributed by atoms with Gasteiger partial charge in [0.1, 0.15) is 10.6 Å². The van der Waals surface area contributed by atoms with Crippen LogP contribution in [0.3, 0.4) is 0 Å². The summed E-state index contributed by atoms with van der Waals surface area (Å²) in [5.74, 6) is -0.255. The summed E-state index contributed by atoms with van der Waals surface area (Å²) < 4.78 is 33.6.